The molecule has 2 rings (SSSR count). The number of hydrogen-bond donors (Lipinski definition) is 1. The van der Waals surface area contributed by atoms with E-state index in [0.29, 0.717) is 11.4 Å². The van der Waals surface area contributed by atoms with Crippen LogP contribution in [0.1, 0.15) is 22.3 Å². The van der Waals surface area contributed by atoms with Crippen molar-refractivity contribution in [3.05, 3.63) is 58.7 Å². The van der Waals surface area contributed by atoms with Gasteiger partial charge in [-0.2, -0.15) is 0 Å². The Labute approximate surface area is 117 Å². The molecule has 2 aromatic rings. The van der Waals surface area contributed by atoms with E-state index < -0.39 is 10.8 Å². The van der Waals surface area contributed by atoms with Crippen molar-refractivity contribution in [3.8, 4) is 0 Å². The topological polar surface area (TPSA) is 43.1 Å². The van der Waals surface area contributed by atoms with E-state index in [9.17, 15) is 4.21 Å². The van der Waals surface area contributed by atoms with Gasteiger partial charge in [0.2, 0.25) is 0 Å². The zero-order chi connectivity index (χ0) is 14.0. The molecule has 0 aliphatic carbocycles. The number of aryl methyl sites for hydroxylation is 3. The molecule has 19 heavy (non-hydrogen) atoms. The minimum absolute atomic E-state index is 0.520. The van der Waals surface area contributed by atoms with Gasteiger partial charge in [-0.15, -0.1) is 0 Å². The molecule has 2 aromatic carbocycles. The zero-order valence-electron chi connectivity index (χ0n) is 11.6. The molecule has 0 saturated heterocycles. The molecule has 0 aliphatic heterocycles. The van der Waals surface area contributed by atoms with E-state index in [0.717, 1.165) is 16.0 Å². The zero-order valence-corrected chi connectivity index (χ0v) is 12.4. The van der Waals surface area contributed by atoms with Crippen molar-refractivity contribution in [2.24, 2.45) is 0 Å². The lowest BCUT2D eigenvalue weighted by Gasteiger charge is -2.11. The summed E-state index contributed by atoms with van der Waals surface area (Å²) in [6, 6.07) is 11.8. The van der Waals surface area contributed by atoms with Gasteiger partial charge in [0.15, 0.2) is 0 Å². The molecule has 0 saturated carbocycles. The monoisotopic (exact) mass is 273 g/mol. The molecule has 0 spiro atoms. The number of nitrogen functional groups attached to an aromatic ring is 1. The number of hydrogen-bond acceptors (Lipinski definition) is 2. The van der Waals surface area contributed by atoms with Crippen LogP contribution >= 0.6 is 0 Å². The van der Waals surface area contributed by atoms with Gasteiger partial charge in [0.1, 0.15) is 0 Å². The van der Waals surface area contributed by atoms with Crippen LogP contribution in [0.15, 0.2) is 41.3 Å². The van der Waals surface area contributed by atoms with E-state index in [-0.39, 0.29) is 0 Å². The van der Waals surface area contributed by atoms with Crippen molar-refractivity contribution in [2.45, 2.75) is 31.4 Å². The Balaban J connectivity index is 2.34. The fourth-order valence-corrected chi connectivity index (χ4v) is 3.65. The average molecular weight is 273 g/mol. The largest absolute Gasteiger partial charge is 0.398 e. The molecule has 0 bridgehead atoms. The third-order valence-corrected chi connectivity index (χ3v) is 4.85. The predicted molar refractivity (Wildman–Crippen MR) is 81.6 cm³/mol. The Morgan fingerprint density at radius 1 is 0.947 bits per heavy atom. The number of para-hydroxylation sites is 1. The molecule has 0 aromatic heterocycles. The second-order valence-corrected chi connectivity index (χ2v) is 6.27. The van der Waals surface area contributed by atoms with Crippen molar-refractivity contribution in [3.63, 3.8) is 0 Å². The quantitative estimate of drug-likeness (QED) is 0.870. The van der Waals surface area contributed by atoms with Gasteiger partial charge in [-0.05, 0) is 49.1 Å². The highest BCUT2D eigenvalue weighted by atomic mass is 32.2. The number of benzene rings is 2. The standard InChI is InChI=1S/C16H19NOS/c1-11-6-4-7-12(2)14(11)10-19(18)15-9-5-8-13(3)16(15)17/h4-9H,10,17H2,1-3H3. The smallest absolute Gasteiger partial charge is 0.0623 e. The van der Waals surface area contributed by atoms with Crippen LogP contribution < -0.4 is 5.73 Å². The predicted octanol–water partition coefficient (Wildman–Crippen LogP) is 3.50. The summed E-state index contributed by atoms with van der Waals surface area (Å²) in [5.74, 6) is 0.520. The normalized spacial score (nSPS) is 12.4. The summed E-state index contributed by atoms with van der Waals surface area (Å²) in [5.41, 5.74) is 11.2. The van der Waals surface area contributed by atoms with Gasteiger partial charge < -0.3 is 5.73 Å². The molecular formula is C16H19NOS. The third kappa shape index (κ3) is 2.87. The maximum absolute atomic E-state index is 12.5. The van der Waals surface area contributed by atoms with Crippen molar-refractivity contribution in [1.82, 2.24) is 0 Å². The maximum atomic E-state index is 12.5. The van der Waals surface area contributed by atoms with Crippen molar-refractivity contribution in [2.75, 3.05) is 5.73 Å². The highest BCUT2D eigenvalue weighted by molar-refractivity contribution is 7.84. The van der Waals surface area contributed by atoms with Gasteiger partial charge in [-0.1, -0.05) is 30.3 Å². The SMILES string of the molecule is Cc1cccc(S(=O)Cc2c(C)cccc2C)c1N. The first kappa shape index (κ1) is 13.8. The average Bonchev–Trinajstić information content (AvgIpc) is 2.37. The molecule has 100 valence electrons. The Kier molecular flexibility index (Phi) is 4.05. The first-order chi connectivity index (χ1) is 9.00. The van der Waals surface area contributed by atoms with Crippen LogP contribution in [-0.2, 0) is 16.6 Å². The summed E-state index contributed by atoms with van der Waals surface area (Å²) in [6.45, 7) is 6.05. The Morgan fingerprint density at radius 2 is 1.47 bits per heavy atom. The molecule has 2 N–H and O–H groups in total. The van der Waals surface area contributed by atoms with Gasteiger partial charge in [0.25, 0.3) is 0 Å². The minimum Gasteiger partial charge on any atom is -0.398 e. The van der Waals surface area contributed by atoms with Gasteiger partial charge in [-0.25, -0.2) is 0 Å². The summed E-state index contributed by atoms with van der Waals surface area (Å²) in [4.78, 5) is 0.739. The lowest BCUT2D eigenvalue weighted by Crippen LogP contribution is -2.04. The maximum Gasteiger partial charge on any atom is 0.0623 e. The Hall–Kier alpha value is -1.61. The van der Waals surface area contributed by atoms with E-state index in [1.54, 1.807) is 0 Å². The molecule has 3 heteroatoms. The third-order valence-electron chi connectivity index (χ3n) is 3.45. The molecular weight excluding hydrogens is 254 g/mol. The van der Waals surface area contributed by atoms with E-state index in [1.165, 1.54) is 11.1 Å². The first-order valence-electron chi connectivity index (χ1n) is 6.29. The van der Waals surface area contributed by atoms with Gasteiger partial charge >= 0.3 is 0 Å². The van der Waals surface area contributed by atoms with Crippen LogP contribution in [-0.4, -0.2) is 4.21 Å². The lowest BCUT2D eigenvalue weighted by atomic mass is 10.1. The fourth-order valence-electron chi connectivity index (χ4n) is 2.14. The molecule has 1 unspecified atom stereocenters. The first-order valence-corrected chi connectivity index (χ1v) is 7.61. The van der Waals surface area contributed by atoms with E-state index in [4.69, 9.17) is 5.73 Å². The summed E-state index contributed by atoms with van der Waals surface area (Å²) in [6.07, 6.45) is 0. The van der Waals surface area contributed by atoms with E-state index in [2.05, 4.69) is 26.0 Å². The van der Waals surface area contributed by atoms with Crippen LogP contribution in [0.25, 0.3) is 0 Å². The van der Waals surface area contributed by atoms with Crippen molar-refractivity contribution < 1.29 is 4.21 Å². The summed E-state index contributed by atoms with van der Waals surface area (Å²) in [7, 11) is -1.10. The highest BCUT2D eigenvalue weighted by Gasteiger charge is 2.12. The number of nitrogens with two attached hydrogens (primary N) is 1. The Morgan fingerprint density at radius 3 is 2.11 bits per heavy atom. The molecule has 0 aliphatic rings. The van der Waals surface area contributed by atoms with Crippen LogP contribution in [0.3, 0.4) is 0 Å². The summed E-state index contributed by atoms with van der Waals surface area (Å²) >= 11 is 0. The fraction of sp³-hybridized carbons (Fsp3) is 0.250. The number of rotatable bonds is 3. The van der Waals surface area contributed by atoms with Gasteiger partial charge in [0.05, 0.1) is 27.1 Å². The van der Waals surface area contributed by atoms with Crippen molar-refractivity contribution >= 4 is 16.5 Å². The molecule has 0 radical (unpaired) electrons. The van der Waals surface area contributed by atoms with Crippen LogP contribution in [0.2, 0.25) is 0 Å². The van der Waals surface area contributed by atoms with Crippen LogP contribution in [0.5, 0.6) is 0 Å². The van der Waals surface area contributed by atoms with E-state index in [1.807, 2.05) is 31.2 Å². The van der Waals surface area contributed by atoms with Crippen molar-refractivity contribution in [1.29, 1.82) is 0 Å². The van der Waals surface area contributed by atoms with Crippen LogP contribution in [0, 0.1) is 20.8 Å². The minimum atomic E-state index is -1.10. The molecule has 0 fully saturated rings. The molecule has 2 nitrogen and oxygen atoms in total. The number of anilines is 1. The van der Waals surface area contributed by atoms with Gasteiger partial charge in [-0.3, -0.25) is 4.21 Å². The van der Waals surface area contributed by atoms with Crippen LogP contribution in [0.4, 0.5) is 5.69 Å². The molecule has 0 heterocycles. The molecule has 0 amide bonds. The van der Waals surface area contributed by atoms with Gasteiger partial charge in [0, 0.05) is 0 Å². The highest BCUT2D eigenvalue weighted by Crippen LogP contribution is 2.24. The second-order valence-electron chi connectivity index (χ2n) is 4.85. The summed E-state index contributed by atoms with van der Waals surface area (Å²) < 4.78 is 12.5. The summed E-state index contributed by atoms with van der Waals surface area (Å²) in [5, 5.41) is 0. The van der Waals surface area contributed by atoms with E-state index >= 15 is 0 Å². The molecule has 1 atom stereocenters. The Bertz CT molecular complexity index is 614. The second kappa shape index (κ2) is 5.57. The lowest BCUT2D eigenvalue weighted by molar-refractivity contribution is 0.682.